The molecule has 1 aromatic heterocycles. The number of carbonyl (C=O) groups excluding carboxylic acids is 1. The Hall–Kier alpha value is -1.13. The Morgan fingerprint density at radius 2 is 2.31 bits per heavy atom. The van der Waals surface area contributed by atoms with Gasteiger partial charge in [0.1, 0.15) is 0 Å². The third-order valence-corrected chi connectivity index (χ3v) is 2.76. The fourth-order valence-electron chi connectivity index (χ4n) is 1.08. The predicted octanol–water partition coefficient (Wildman–Crippen LogP) is 1.41. The van der Waals surface area contributed by atoms with Crippen LogP contribution in [-0.2, 0) is 0 Å². The normalized spacial score (nSPS) is 12.6. The summed E-state index contributed by atoms with van der Waals surface area (Å²) >= 11 is 5.86. The Kier molecular flexibility index (Phi) is 4.71. The molecule has 0 saturated carbocycles. The van der Waals surface area contributed by atoms with Gasteiger partial charge in [-0.15, -0.1) is 0 Å². The first-order valence-corrected chi connectivity index (χ1v) is 5.44. The van der Waals surface area contributed by atoms with E-state index in [4.69, 9.17) is 11.6 Å². The largest absolute Gasteiger partial charge is 0.350 e. The lowest BCUT2D eigenvalue weighted by Gasteiger charge is -2.20. The number of nitrogens with one attached hydrogen (secondary N) is 1. The van der Waals surface area contributed by atoms with Crippen molar-refractivity contribution in [2.75, 3.05) is 20.6 Å². The molecule has 16 heavy (non-hydrogen) atoms. The highest BCUT2D eigenvalue weighted by atomic mass is 35.5. The van der Waals surface area contributed by atoms with Crippen molar-refractivity contribution in [2.24, 2.45) is 0 Å². The molecule has 0 saturated heterocycles. The maximum absolute atomic E-state index is 11.8. The summed E-state index contributed by atoms with van der Waals surface area (Å²) in [4.78, 5) is 17.6. The van der Waals surface area contributed by atoms with Crippen molar-refractivity contribution in [1.29, 1.82) is 0 Å². The molecule has 0 fully saturated rings. The summed E-state index contributed by atoms with van der Waals surface area (Å²) < 4.78 is 0. The van der Waals surface area contributed by atoms with Gasteiger partial charge in [-0.1, -0.05) is 11.6 Å². The zero-order valence-corrected chi connectivity index (χ0v) is 10.5. The van der Waals surface area contributed by atoms with Crippen LogP contribution >= 0.6 is 11.6 Å². The monoisotopic (exact) mass is 241 g/mol. The predicted molar refractivity (Wildman–Crippen MR) is 64.7 cm³/mol. The lowest BCUT2D eigenvalue weighted by molar-refractivity contribution is 0.0943. The molecule has 0 radical (unpaired) electrons. The zero-order valence-electron chi connectivity index (χ0n) is 9.70. The van der Waals surface area contributed by atoms with Gasteiger partial charge in [0.15, 0.2) is 0 Å². The number of aromatic nitrogens is 1. The van der Waals surface area contributed by atoms with Gasteiger partial charge >= 0.3 is 0 Å². The fourth-order valence-corrected chi connectivity index (χ4v) is 1.28. The summed E-state index contributed by atoms with van der Waals surface area (Å²) in [6.45, 7) is 2.62. The molecule has 0 aliphatic heterocycles. The maximum atomic E-state index is 11.8. The highest BCUT2D eigenvalue weighted by molar-refractivity contribution is 6.33. The molecule has 0 bridgehead atoms. The van der Waals surface area contributed by atoms with Gasteiger partial charge in [-0.25, -0.2) is 0 Å². The summed E-state index contributed by atoms with van der Waals surface area (Å²) in [5.41, 5.74) is 0.461. The van der Waals surface area contributed by atoms with E-state index in [1.807, 2.05) is 25.9 Å². The quantitative estimate of drug-likeness (QED) is 0.867. The van der Waals surface area contributed by atoms with Gasteiger partial charge in [0.2, 0.25) is 0 Å². The maximum Gasteiger partial charge on any atom is 0.252 e. The van der Waals surface area contributed by atoms with Crippen LogP contribution in [0.1, 0.15) is 17.3 Å². The molecule has 0 aliphatic rings. The number of pyridine rings is 1. The first-order valence-electron chi connectivity index (χ1n) is 5.06. The summed E-state index contributed by atoms with van der Waals surface area (Å²) in [7, 11) is 3.94. The van der Waals surface area contributed by atoms with Crippen molar-refractivity contribution < 1.29 is 4.79 Å². The first kappa shape index (κ1) is 12.9. The highest BCUT2D eigenvalue weighted by Gasteiger charge is 2.11. The molecule has 0 aromatic carbocycles. The smallest absolute Gasteiger partial charge is 0.252 e. The second kappa shape index (κ2) is 5.82. The van der Waals surface area contributed by atoms with Crippen molar-refractivity contribution >= 4 is 17.5 Å². The molecule has 1 aromatic rings. The molecule has 1 heterocycles. The molecule has 4 nitrogen and oxygen atoms in total. The Bertz CT molecular complexity index is 368. The average molecular weight is 242 g/mol. The SMILES string of the molecule is CC(CNC(=O)c1ccncc1Cl)N(C)C. The lowest BCUT2D eigenvalue weighted by Crippen LogP contribution is -2.38. The Morgan fingerprint density at radius 1 is 1.62 bits per heavy atom. The average Bonchev–Trinajstić information content (AvgIpc) is 2.25. The summed E-state index contributed by atoms with van der Waals surface area (Å²) in [6, 6.07) is 1.89. The van der Waals surface area contributed by atoms with Gasteiger partial charge in [0.25, 0.3) is 5.91 Å². The molecule has 1 unspecified atom stereocenters. The second-order valence-corrected chi connectivity index (χ2v) is 4.29. The van der Waals surface area contributed by atoms with Gasteiger partial charge < -0.3 is 10.2 Å². The van der Waals surface area contributed by atoms with E-state index in [9.17, 15) is 4.79 Å². The number of nitrogens with zero attached hydrogens (tertiary/aromatic N) is 2. The minimum Gasteiger partial charge on any atom is -0.350 e. The minimum atomic E-state index is -0.166. The van der Waals surface area contributed by atoms with E-state index in [0.29, 0.717) is 17.1 Å². The van der Waals surface area contributed by atoms with E-state index in [-0.39, 0.29) is 11.9 Å². The number of hydrogen-bond donors (Lipinski definition) is 1. The topological polar surface area (TPSA) is 45.2 Å². The second-order valence-electron chi connectivity index (χ2n) is 3.88. The van der Waals surface area contributed by atoms with E-state index in [1.165, 1.54) is 6.20 Å². The minimum absolute atomic E-state index is 0.166. The van der Waals surface area contributed by atoms with E-state index in [2.05, 4.69) is 10.3 Å². The van der Waals surface area contributed by atoms with Crippen LogP contribution in [0.15, 0.2) is 18.5 Å². The van der Waals surface area contributed by atoms with Gasteiger partial charge in [0.05, 0.1) is 10.6 Å². The van der Waals surface area contributed by atoms with E-state index >= 15 is 0 Å². The lowest BCUT2D eigenvalue weighted by atomic mass is 10.2. The van der Waals surface area contributed by atoms with Gasteiger partial charge in [0, 0.05) is 25.0 Å². The standard InChI is InChI=1S/C11H16ClN3O/c1-8(15(2)3)6-14-11(16)9-4-5-13-7-10(9)12/h4-5,7-8H,6H2,1-3H3,(H,14,16). The first-order chi connectivity index (χ1) is 7.52. The van der Waals surface area contributed by atoms with Crippen LogP contribution < -0.4 is 5.32 Å². The Balaban J connectivity index is 2.57. The number of halogens is 1. The highest BCUT2D eigenvalue weighted by Crippen LogP contribution is 2.12. The van der Waals surface area contributed by atoms with Crippen LogP contribution in [0.5, 0.6) is 0 Å². The van der Waals surface area contributed by atoms with Crippen LogP contribution in [0.3, 0.4) is 0 Å². The van der Waals surface area contributed by atoms with Gasteiger partial charge in [-0.05, 0) is 27.1 Å². The molecule has 0 aliphatic carbocycles. The molecule has 1 amide bonds. The molecular formula is C11H16ClN3O. The number of amides is 1. The molecule has 1 rings (SSSR count). The molecule has 0 spiro atoms. The molecule has 5 heteroatoms. The van der Waals surface area contributed by atoms with Crippen LogP contribution in [0, 0.1) is 0 Å². The molecule has 1 atom stereocenters. The van der Waals surface area contributed by atoms with Crippen LogP contribution in [0.25, 0.3) is 0 Å². The van der Waals surface area contributed by atoms with Crippen molar-refractivity contribution in [3.8, 4) is 0 Å². The third kappa shape index (κ3) is 3.47. The molecular weight excluding hydrogens is 226 g/mol. The van der Waals surface area contributed by atoms with Crippen LogP contribution in [0.4, 0.5) is 0 Å². The van der Waals surface area contributed by atoms with Crippen molar-refractivity contribution in [3.05, 3.63) is 29.0 Å². The number of hydrogen-bond acceptors (Lipinski definition) is 3. The van der Waals surface area contributed by atoms with E-state index in [1.54, 1.807) is 12.3 Å². The summed E-state index contributed by atoms with van der Waals surface area (Å²) in [6.07, 6.45) is 3.02. The third-order valence-electron chi connectivity index (χ3n) is 2.46. The Morgan fingerprint density at radius 3 is 2.88 bits per heavy atom. The zero-order chi connectivity index (χ0) is 12.1. The van der Waals surface area contributed by atoms with Crippen LogP contribution in [0.2, 0.25) is 5.02 Å². The number of carbonyl (C=O) groups is 1. The van der Waals surface area contributed by atoms with Crippen molar-refractivity contribution in [1.82, 2.24) is 15.2 Å². The van der Waals surface area contributed by atoms with Gasteiger partial charge in [-0.2, -0.15) is 0 Å². The van der Waals surface area contributed by atoms with E-state index in [0.717, 1.165) is 0 Å². The van der Waals surface area contributed by atoms with Crippen LogP contribution in [-0.4, -0.2) is 42.5 Å². The summed E-state index contributed by atoms with van der Waals surface area (Å²) in [5.74, 6) is -0.166. The van der Waals surface area contributed by atoms with Gasteiger partial charge in [-0.3, -0.25) is 9.78 Å². The van der Waals surface area contributed by atoms with Crippen molar-refractivity contribution in [2.45, 2.75) is 13.0 Å². The fraction of sp³-hybridized carbons (Fsp3) is 0.455. The van der Waals surface area contributed by atoms with Crippen molar-refractivity contribution in [3.63, 3.8) is 0 Å². The van der Waals surface area contributed by atoms with E-state index < -0.39 is 0 Å². The molecule has 88 valence electrons. The molecule has 1 N–H and O–H groups in total. The Labute approximate surface area is 101 Å². The summed E-state index contributed by atoms with van der Waals surface area (Å²) in [5, 5.41) is 3.20. The number of likely N-dealkylation sites (N-methyl/N-ethyl adjacent to an activating group) is 1. The number of rotatable bonds is 4.